The summed E-state index contributed by atoms with van der Waals surface area (Å²) in [5, 5.41) is 6.09. The van der Waals surface area contributed by atoms with Crippen molar-refractivity contribution in [2.24, 2.45) is 0 Å². The second-order valence-corrected chi connectivity index (χ2v) is 7.87. The highest BCUT2D eigenvalue weighted by Crippen LogP contribution is 2.23. The monoisotopic (exact) mass is 368 g/mol. The van der Waals surface area contributed by atoms with Gasteiger partial charge in [-0.25, -0.2) is 13.5 Å². The fourth-order valence-corrected chi connectivity index (χ4v) is 4.40. The van der Waals surface area contributed by atoms with E-state index < -0.39 is 15.6 Å². The second kappa shape index (κ2) is 6.92. The molecule has 1 aliphatic rings. The van der Waals surface area contributed by atoms with Gasteiger partial charge in [0, 0.05) is 26.2 Å². The van der Waals surface area contributed by atoms with Gasteiger partial charge in [-0.2, -0.15) is 9.40 Å². The molecule has 0 atom stereocenters. The summed E-state index contributed by atoms with van der Waals surface area (Å²) in [6, 6.07) is 9.11. The number of rotatable bonds is 4. The molecule has 1 fully saturated rings. The Kier molecular flexibility index (Phi) is 4.88. The zero-order chi connectivity index (χ0) is 17.2. The van der Waals surface area contributed by atoms with Crippen molar-refractivity contribution in [3.63, 3.8) is 0 Å². The van der Waals surface area contributed by atoms with Gasteiger partial charge in [-0.15, -0.1) is 0 Å². The molecule has 7 nitrogen and oxygen atoms in total. The molecule has 2 heterocycles. The van der Waals surface area contributed by atoms with Gasteiger partial charge >= 0.3 is 0 Å². The zero-order valence-corrected chi connectivity index (χ0v) is 14.4. The number of aromatic nitrogens is 2. The van der Waals surface area contributed by atoms with Crippen molar-refractivity contribution in [3.8, 4) is 0 Å². The molecule has 2 aromatic rings. The van der Waals surface area contributed by atoms with Crippen LogP contribution in [0.15, 0.2) is 41.3 Å². The van der Waals surface area contributed by atoms with Gasteiger partial charge in [0.2, 0.25) is 10.0 Å². The van der Waals surface area contributed by atoms with E-state index in [2.05, 4.69) is 10.2 Å². The third kappa shape index (κ3) is 3.61. The summed E-state index contributed by atoms with van der Waals surface area (Å²) in [4.78, 5) is 13.4. The predicted molar refractivity (Wildman–Crippen MR) is 92.7 cm³/mol. The third-order valence-corrected chi connectivity index (χ3v) is 6.16. The van der Waals surface area contributed by atoms with Gasteiger partial charge in [0.15, 0.2) is 0 Å². The predicted octanol–water partition coefficient (Wildman–Crippen LogP) is 1.08. The molecule has 0 unspecified atom stereocenters. The fraction of sp³-hybridized carbons (Fsp3) is 0.333. The van der Waals surface area contributed by atoms with Crippen LogP contribution in [-0.2, 0) is 15.8 Å². The van der Waals surface area contributed by atoms with Crippen LogP contribution < -0.4 is 10.5 Å². The van der Waals surface area contributed by atoms with Crippen molar-refractivity contribution in [1.29, 1.82) is 0 Å². The number of halogens is 1. The van der Waals surface area contributed by atoms with Crippen molar-refractivity contribution in [2.75, 3.05) is 31.1 Å². The molecule has 1 saturated heterocycles. The number of anilines is 1. The fourth-order valence-electron chi connectivity index (χ4n) is 2.68. The molecule has 128 valence electrons. The Bertz CT molecular complexity index is 862. The van der Waals surface area contributed by atoms with Gasteiger partial charge in [-0.3, -0.25) is 4.79 Å². The molecule has 0 amide bonds. The molecular weight excluding hydrogens is 352 g/mol. The minimum Gasteiger partial charge on any atom is -0.366 e. The molecule has 24 heavy (non-hydrogen) atoms. The Morgan fingerprint density at radius 3 is 2.46 bits per heavy atom. The first-order valence-corrected chi connectivity index (χ1v) is 9.46. The molecule has 1 N–H and O–H groups in total. The molecule has 3 rings (SSSR count). The number of H-pyrrole nitrogens is 1. The number of sulfonamides is 1. The third-order valence-electron chi connectivity index (χ3n) is 3.94. The maximum Gasteiger partial charge on any atom is 0.285 e. The lowest BCUT2D eigenvalue weighted by Crippen LogP contribution is -2.49. The van der Waals surface area contributed by atoms with E-state index in [1.54, 1.807) is 12.1 Å². The van der Waals surface area contributed by atoms with E-state index in [0.717, 1.165) is 5.56 Å². The first kappa shape index (κ1) is 16.9. The van der Waals surface area contributed by atoms with Crippen molar-refractivity contribution in [3.05, 3.63) is 57.5 Å². The van der Waals surface area contributed by atoms with Gasteiger partial charge in [-0.1, -0.05) is 41.9 Å². The van der Waals surface area contributed by atoms with Crippen LogP contribution in [0.25, 0.3) is 0 Å². The largest absolute Gasteiger partial charge is 0.366 e. The van der Waals surface area contributed by atoms with Crippen LogP contribution >= 0.6 is 11.6 Å². The molecule has 0 spiro atoms. The molecule has 1 aliphatic heterocycles. The van der Waals surface area contributed by atoms with Crippen molar-refractivity contribution in [2.45, 2.75) is 5.75 Å². The van der Waals surface area contributed by atoms with Crippen LogP contribution in [0.4, 0.5) is 5.69 Å². The zero-order valence-electron chi connectivity index (χ0n) is 12.9. The number of benzene rings is 1. The Morgan fingerprint density at radius 1 is 1.12 bits per heavy atom. The highest BCUT2D eigenvalue weighted by atomic mass is 35.5. The average molecular weight is 369 g/mol. The van der Waals surface area contributed by atoms with Crippen molar-refractivity contribution in [1.82, 2.24) is 14.5 Å². The summed E-state index contributed by atoms with van der Waals surface area (Å²) < 4.78 is 26.5. The van der Waals surface area contributed by atoms with Crippen LogP contribution in [0, 0.1) is 0 Å². The van der Waals surface area contributed by atoms with Gasteiger partial charge in [0.25, 0.3) is 5.56 Å². The van der Waals surface area contributed by atoms with Gasteiger partial charge in [0.1, 0.15) is 5.02 Å². The Labute approximate surface area is 144 Å². The molecule has 0 radical (unpaired) electrons. The minimum atomic E-state index is -3.37. The van der Waals surface area contributed by atoms with Crippen molar-refractivity contribution >= 4 is 27.3 Å². The van der Waals surface area contributed by atoms with E-state index in [9.17, 15) is 13.2 Å². The quantitative estimate of drug-likeness (QED) is 0.872. The minimum absolute atomic E-state index is 0.0127. The molecule has 9 heteroatoms. The number of hydrogen-bond acceptors (Lipinski definition) is 5. The van der Waals surface area contributed by atoms with Gasteiger partial charge in [-0.05, 0) is 5.56 Å². The highest BCUT2D eigenvalue weighted by Gasteiger charge is 2.28. The second-order valence-electron chi connectivity index (χ2n) is 5.53. The van der Waals surface area contributed by atoms with E-state index in [1.165, 1.54) is 10.5 Å². The highest BCUT2D eigenvalue weighted by molar-refractivity contribution is 7.88. The Hall–Kier alpha value is -1.90. The number of piperazine rings is 1. The SMILES string of the molecule is O=c1[nH]ncc(N2CCN(S(=O)(=O)Cc3ccccc3)CC2)c1Cl. The summed E-state index contributed by atoms with van der Waals surface area (Å²) >= 11 is 6.00. The molecule has 0 saturated carbocycles. The molecule has 1 aromatic heterocycles. The summed E-state index contributed by atoms with van der Waals surface area (Å²) in [7, 11) is -3.37. The summed E-state index contributed by atoms with van der Waals surface area (Å²) in [5.41, 5.74) is 0.843. The first-order valence-electron chi connectivity index (χ1n) is 7.47. The van der Waals surface area contributed by atoms with E-state index in [0.29, 0.717) is 31.9 Å². The van der Waals surface area contributed by atoms with Crippen LogP contribution in [0.2, 0.25) is 5.02 Å². The molecular formula is C15H17ClN4O3S. The normalized spacial score (nSPS) is 16.3. The summed E-state index contributed by atoms with van der Waals surface area (Å²) in [6.07, 6.45) is 1.48. The first-order chi connectivity index (χ1) is 11.5. The topological polar surface area (TPSA) is 86.4 Å². The van der Waals surface area contributed by atoms with Crippen LogP contribution in [-0.4, -0.2) is 49.1 Å². The maximum absolute atomic E-state index is 12.5. The molecule has 0 bridgehead atoms. The lowest BCUT2D eigenvalue weighted by atomic mass is 10.2. The Morgan fingerprint density at radius 2 is 1.79 bits per heavy atom. The van der Waals surface area contributed by atoms with Crippen molar-refractivity contribution < 1.29 is 8.42 Å². The van der Waals surface area contributed by atoms with Crippen LogP contribution in [0.5, 0.6) is 0 Å². The van der Waals surface area contributed by atoms with E-state index in [1.807, 2.05) is 23.1 Å². The lowest BCUT2D eigenvalue weighted by molar-refractivity contribution is 0.384. The van der Waals surface area contributed by atoms with E-state index >= 15 is 0 Å². The number of nitrogens with zero attached hydrogens (tertiary/aromatic N) is 3. The summed E-state index contributed by atoms with van der Waals surface area (Å²) in [6.45, 7) is 1.61. The standard InChI is InChI=1S/C15H17ClN4O3S/c16-14-13(10-17-18-15(14)21)19-6-8-20(9-7-19)24(22,23)11-12-4-2-1-3-5-12/h1-5,10H,6-9,11H2,(H,18,21). The molecule has 0 aliphatic carbocycles. The number of hydrogen-bond donors (Lipinski definition) is 1. The smallest absolute Gasteiger partial charge is 0.285 e. The lowest BCUT2D eigenvalue weighted by Gasteiger charge is -2.35. The maximum atomic E-state index is 12.5. The van der Waals surface area contributed by atoms with Crippen LogP contribution in [0.1, 0.15) is 5.56 Å². The van der Waals surface area contributed by atoms with Crippen LogP contribution in [0.3, 0.4) is 0 Å². The number of aromatic amines is 1. The number of nitrogens with one attached hydrogen (secondary N) is 1. The average Bonchev–Trinajstić information content (AvgIpc) is 2.58. The van der Waals surface area contributed by atoms with E-state index in [4.69, 9.17) is 11.6 Å². The van der Waals surface area contributed by atoms with Gasteiger partial charge in [0.05, 0.1) is 17.6 Å². The summed E-state index contributed by atoms with van der Waals surface area (Å²) in [5.74, 6) is -0.0127. The Balaban J connectivity index is 1.68. The molecule has 1 aromatic carbocycles. The van der Waals surface area contributed by atoms with E-state index in [-0.39, 0.29) is 10.8 Å². The van der Waals surface area contributed by atoms with Gasteiger partial charge < -0.3 is 4.90 Å².